The fraction of sp³-hybridized carbons (Fsp3) is 0.250. The highest BCUT2D eigenvalue weighted by atomic mass is 32.2. The molecule has 0 amide bonds. The van der Waals surface area contributed by atoms with Gasteiger partial charge >= 0.3 is 0 Å². The first-order chi connectivity index (χ1) is 11.7. The number of ether oxygens (including phenoxy) is 2. The van der Waals surface area contributed by atoms with Gasteiger partial charge in [0, 0.05) is 5.75 Å². The van der Waals surface area contributed by atoms with Crippen LogP contribution in [0.25, 0.3) is 10.8 Å². The van der Waals surface area contributed by atoms with Crippen LogP contribution in [0.2, 0.25) is 0 Å². The molecular formula is C16H16N2O4S2. The second kappa shape index (κ2) is 8.18. The van der Waals surface area contributed by atoms with E-state index >= 15 is 0 Å². The maximum absolute atomic E-state index is 10.0. The van der Waals surface area contributed by atoms with Crippen LogP contribution in [0.1, 0.15) is 0 Å². The van der Waals surface area contributed by atoms with Crippen molar-refractivity contribution < 1.29 is 19.0 Å². The molecule has 2 aromatic heterocycles. The lowest BCUT2D eigenvalue weighted by molar-refractivity contribution is 0.126. The molecule has 0 fully saturated rings. The number of hydrogen-bond donors (Lipinski definition) is 1. The zero-order valence-corrected chi connectivity index (χ0v) is 14.5. The van der Waals surface area contributed by atoms with Gasteiger partial charge < -0.3 is 19.0 Å². The van der Waals surface area contributed by atoms with Gasteiger partial charge in [-0.2, -0.15) is 0 Å². The van der Waals surface area contributed by atoms with Crippen LogP contribution >= 0.6 is 23.1 Å². The van der Waals surface area contributed by atoms with E-state index in [0.29, 0.717) is 22.6 Å². The average molecular weight is 364 g/mol. The van der Waals surface area contributed by atoms with Crippen LogP contribution in [0.3, 0.4) is 0 Å². The predicted molar refractivity (Wildman–Crippen MR) is 92.8 cm³/mol. The number of hydrogen-bond acceptors (Lipinski definition) is 8. The van der Waals surface area contributed by atoms with Crippen molar-refractivity contribution in [2.75, 3.05) is 19.5 Å². The third-order valence-corrected chi connectivity index (χ3v) is 4.86. The molecule has 1 aromatic carbocycles. The summed E-state index contributed by atoms with van der Waals surface area (Å²) in [6.45, 7) is 0.186. The van der Waals surface area contributed by atoms with Crippen LogP contribution in [-0.2, 0) is 0 Å². The van der Waals surface area contributed by atoms with E-state index in [0.717, 1.165) is 10.6 Å². The summed E-state index contributed by atoms with van der Waals surface area (Å²) >= 11 is 2.84. The van der Waals surface area contributed by atoms with Crippen molar-refractivity contribution in [2.45, 2.75) is 11.3 Å². The molecule has 126 valence electrons. The molecule has 6 nitrogen and oxygen atoms in total. The number of aliphatic hydroxyl groups excluding tert-OH is 1. The highest BCUT2D eigenvalue weighted by Crippen LogP contribution is 2.26. The molecule has 0 radical (unpaired) electrons. The third-order valence-electron chi connectivity index (χ3n) is 3.04. The summed E-state index contributed by atoms with van der Waals surface area (Å²) in [6, 6.07) is 11.1. The lowest BCUT2D eigenvalue weighted by Gasteiger charge is -2.11. The molecule has 3 aromatic rings. The van der Waals surface area contributed by atoms with E-state index in [1.165, 1.54) is 23.1 Å². The Hall–Kier alpha value is -2.03. The first kappa shape index (κ1) is 16.8. The Bertz CT molecular complexity index is 744. The van der Waals surface area contributed by atoms with Crippen molar-refractivity contribution >= 4 is 23.1 Å². The second-order valence-corrected chi connectivity index (χ2v) is 6.72. The number of rotatable bonds is 8. The number of thiophene rings is 1. The number of thioether (sulfide) groups is 1. The van der Waals surface area contributed by atoms with Crippen LogP contribution in [0.5, 0.6) is 11.5 Å². The lowest BCUT2D eigenvalue weighted by atomic mass is 10.3. The Balaban J connectivity index is 1.44. The predicted octanol–water partition coefficient (Wildman–Crippen LogP) is 3.34. The summed E-state index contributed by atoms with van der Waals surface area (Å²) in [4.78, 5) is 0.928. The molecule has 0 aliphatic heterocycles. The Morgan fingerprint density at radius 3 is 2.71 bits per heavy atom. The Kier molecular flexibility index (Phi) is 5.73. The van der Waals surface area contributed by atoms with Crippen molar-refractivity contribution in [3.8, 4) is 22.3 Å². The van der Waals surface area contributed by atoms with Crippen LogP contribution < -0.4 is 9.47 Å². The summed E-state index contributed by atoms with van der Waals surface area (Å²) in [5.74, 6) is 2.34. The van der Waals surface area contributed by atoms with Gasteiger partial charge in [-0.1, -0.05) is 17.8 Å². The summed E-state index contributed by atoms with van der Waals surface area (Å²) in [5.41, 5.74) is 0. The average Bonchev–Trinajstić information content (AvgIpc) is 3.29. The van der Waals surface area contributed by atoms with E-state index in [2.05, 4.69) is 10.2 Å². The van der Waals surface area contributed by atoms with Crippen LogP contribution in [-0.4, -0.2) is 40.9 Å². The zero-order chi connectivity index (χ0) is 16.8. The number of benzene rings is 1. The van der Waals surface area contributed by atoms with Crippen molar-refractivity contribution in [1.29, 1.82) is 0 Å². The lowest BCUT2D eigenvalue weighted by Crippen LogP contribution is -2.20. The van der Waals surface area contributed by atoms with Crippen LogP contribution in [0.4, 0.5) is 0 Å². The fourth-order valence-electron chi connectivity index (χ4n) is 1.85. The van der Waals surface area contributed by atoms with Crippen molar-refractivity contribution in [3.05, 3.63) is 41.8 Å². The number of aromatic nitrogens is 2. The number of aliphatic hydroxyl groups is 1. The fourth-order valence-corrected chi connectivity index (χ4v) is 3.16. The molecular weight excluding hydrogens is 348 g/mol. The molecule has 0 aliphatic carbocycles. The van der Waals surface area contributed by atoms with Gasteiger partial charge in [0.15, 0.2) is 0 Å². The molecule has 8 heteroatoms. The molecule has 24 heavy (non-hydrogen) atoms. The van der Waals surface area contributed by atoms with Gasteiger partial charge in [0.25, 0.3) is 11.1 Å². The van der Waals surface area contributed by atoms with Crippen molar-refractivity contribution in [3.63, 3.8) is 0 Å². The van der Waals surface area contributed by atoms with Gasteiger partial charge in [0.05, 0.1) is 18.1 Å². The van der Waals surface area contributed by atoms with Crippen molar-refractivity contribution in [2.24, 2.45) is 0 Å². The summed E-state index contributed by atoms with van der Waals surface area (Å²) in [5, 5.41) is 20.4. The van der Waals surface area contributed by atoms with Crippen molar-refractivity contribution in [1.82, 2.24) is 10.2 Å². The second-order valence-electron chi connectivity index (χ2n) is 4.80. The van der Waals surface area contributed by atoms with Crippen LogP contribution in [0.15, 0.2) is 51.4 Å². The van der Waals surface area contributed by atoms with E-state index in [9.17, 15) is 5.11 Å². The monoisotopic (exact) mass is 364 g/mol. The molecule has 3 rings (SSSR count). The maximum atomic E-state index is 10.0. The van der Waals surface area contributed by atoms with E-state index < -0.39 is 6.10 Å². The molecule has 2 heterocycles. The topological polar surface area (TPSA) is 77.6 Å². The minimum absolute atomic E-state index is 0.186. The smallest absolute Gasteiger partial charge is 0.276 e. The summed E-state index contributed by atoms with van der Waals surface area (Å²) in [6.07, 6.45) is -0.644. The van der Waals surface area contributed by atoms with Gasteiger partial charge in [-0.3, -0.25) is 0 Å². The molecule has 1 atom stereocenters. The van der Waals surface area contributed by atoms with E-state index in [1.54, 1.807) is 31.4 Å². The maximum Gasteiger partial charge on any atom is 0.276 e. The Morgan fingerprint density at radius 2 is 2.00 bits per heavy atom. The first-order valence-corrected chi connectivity index (χ1v) is 9.06. The minimum atomic E-state index is -0.644. The third kappa shape index (κ3) is 4.50. The van der Waals surface area contributed by atoms with Gasteiger partial charge in [-0.05, 0) is 35.7 Å². The SMILES string of the molecule is COc1ccc(OC[C@@H](O)CSc2nnc(-c3cccs3)o2)cc1. The summed E-state index contributed by atoms with van der Waals surface area (Å²) in [7, 11) is 1.61. The standard InChI is InChI=1S/C16H16N2O4S2/c1-20-12-4-6-13(7-5-12)21-9-11(19)10-24-16-18-17-15(22-16)14-3-2-8-23-14/h2-8,11,19H,9-10H2,1H3/t11-/m1/s1. The van der Waals surface area contributed by atoms with E-state index in [4.69, 9.17) is 13.9 Å². The normalized spacial score (nSPS) is 12.1. The first-order valence-electron chi connectivity index (χ1n) is 7.19. The van der Waals surface area contributed by atoms with Gasteiger partial charge in [0.1, 0.15) is 18.1 Å². The van der Waals surface area contributed by atoms with Gasteiger partial charge in [-0.15, -0.1) is 21.5 Å². The quantitative estimate of drug-likeness (QED) is 0.614. The zero-order valence-electron chi connectivity index (χ0n) is 12.9. The van der Waals surface area contributed by atoms with E-state index in [-0.39, 0.29) is 6.61 Å². The van der Waals surface area contributed by atoms with E-state index in [1.807, 2.05) is 17.5 Å². The molecule has 0 saturated carbocycles. The molecule has 0 spiro atoms. The molecule has 0 saturated heterocycles. The van der Waals surface area contributed by atoms with Crippen LogP contribution in [0, 0.1) is 0 Å². The Morgan fingerprint density at radius 1 is 1.21 bits per heavy atom. The van der Waals surface area contributed by atoms with Gasteiger partial charge in [-0.25, -0.2) is 0 Å². The Labute approximate surface area is 147 Å². The summed E-state index contributed by atoms with van der Waals surface area (Å²) < 4.78 is 16.2. The number of methoxy groups -OCH3 is 1. The largest absolute Gasteiger partial charge is 0.497 e. The molecule has 1 N–H and O–H groups in total. The molecule has 0 bridgehead atoms. The molecule has 0 unspecified atom stereocenters. The molecule has 0 aliphatic rings. The minimum Gasteiger partial charge on any atom is -0.497 e. The number of nitrogens with zero attached hydrogens (tertiary/aromatic N) is 2. The highest BCUT2D eigenvalue weighted by molar-refractivity contribution is 7.99. The van der Waals surface area contributed by atoms with Gasteiger partial charge in [0.2, 0.25) is 0 Å². The highest BCUT2D eigenvalue weighted by Gasteiger charge is 2.13.